The predicted molar refractivity (Wildman–Crippen MR) is 66.1 cm³/mol. The SMILES string of the molecule is O=C(O)C(O)c1cc(I)cc(I)c1O. The number of hydrogen-bond donors (Lipinski definition) is 3. The van der Waals surface area contributed by atoms with Gasteiger partial charge in [-0.2, -0.15) is 0 Å². The number of aliphatic hydroxyl groups excluding tert-OH is 1. The van der Waals surface area contributed by atoms with E-state index >= 15 is 0 Å². The van der Waals surface area contributed by atoms with Gasteiger partial charge in [0.1, 0.15) is 5.75 Å². The molecule has 0 saturated heterocycles. The molecule has 3 N–H and O–H groups in total. The van der Waals surface area contributed by atoms with Gasteiger partial charge in [-0.3, -0.25) is 0 Å². The summed E-state index contributed by atoms with van der Waals surface area (Å²) in [6.07, 6.45) is -1.68. The summed E-state index contributed by atoms with van der Waals surface area (Å²) in [7, 11) is 0. The summed E-state index contributed by atoms with van der Waals surface area (Å²) in [5.41, 5.74) is 0.0220. The van der Waals surface area contributed by atoms with Crippen molar-refractivity contribution in [3.63, 3.8) is 0 Å². The lowest BCUT2D eigenvalue weighted by Gasteiger charge is -2.10. The first-order chi connectivity index (χ1) is 6.43. The zero-order chi connectivity index (χ0) is 10.9. The number of phenolic OH excluding ortho intramolecular Hbond substituents is 1. The maximum atomic E-state index is 10.5. The molecule has 0 aromatic heterocycles. The van der Waals surface area contributed by atoms with E-state index in [-0.39, 0.29) is 11.3 Å². The number of aromatic hydroxyl groups is 1. The van der Waals surface area contributed by atoms with Crippen LogP contribution < -0.4 is 0 Å². The van der Waals surface area contributed by atoms with Crippen LogP contribution in [0.15, 0.2) is 12.1 Å². The van der Waals surface area contributed by atoms with E-state index < -0.39 is 12.1 Å². The summed E-state index contributed by atoms with van der Waals surface area (Å²) in [5.74, 6) is -1.56. The van der Waals surface area contributed by atoms with Crippen molar-refractivity contribution in [2.24, 2.45) is 0 Å². The average Bonchev–Trinajstić information content (AvgIpc) is 2.09. The Balaban J connectivity index is 3.26. The van der Waals surface area contributed by atoms with Crippen LogP contribution in [0.25, 0.3) is 0 Å². The molecule has 14 heavy (non-hydrogen) atoms. The molecule has 1 atom stereocenters. The van der Waals surface area contributed by atoms with Gasteiger partial charge in [0.15, 0.2) is 6.10 Å². The van der Waals surface area contributed by atoms with E-state index in [2.05, 4.69) is 0 Å². The van der Waals surface area contributed by atoms with Crippen LogP contribution in [0.4, 0.5) is 0 Å². The zero-order valence-electron chi connectivity index (χ0n) is 6.74. The van der Waals surface area contributed by atoms with E-state index in [0.717, 1.165) is 3.57 Å². The zero-order valence-corrected chi connectivity index (χ0v) is 11.1. The molecule has 0 fully saturated rings. The molecule has 1 rings (SSSR count). The number of rotatable bonds is 2. The third-order valence-electron chi connectivity index (χ3n) is 1.59. The van der Waals surface area contributed by atoms with Gasteiger partial charge in [0.25, 0.3) is 0 Å². The minimum atomic E-state index is -1.68. The van der Waals surface area contributed by atoms with Crippen molar-refractivity contribution in [3.8, 4) is 5.75 Å². The van der Waals surface area contributed by atoms with Gasteiger partial charge < -0.3 is 15.3 Å². The Labute approximate surface area is 107 Å². The van der Waals surface area contributed by atoms with E-state index in [0.29, 0.717) is 3.57 Å². The van der Waals surface area contributed by atoms with Crippen molar-refractivity contribution < 1.29 is 20.1 Å². The highest BCUT2D eigenvalue weighted by Gasteiger charge is 2.21. The fourth-order valence-electron chi connectivity index (χ4n) is 0.927. The molecule has 4 nitrogen and oxygen atoms in total. The summed E-state index contributed by atoms with van der Waals surface area (Å²) < 4.78 is 1.28. The largest absolute Gasteiger partial charge is 0.506 e. The molecule has 0 saturated carbocycles. The number of carboxylic acids is 1. The van der Waals surface area contributed by atoms with Gasteiger partial charge in [-0.25, -0.2) is 4.79 Å². The van der Waals surface area contributed by atoms with Crippen molar-refractivity contribution in [1.82, 2.24) is 0 Å². The Bertz CT molecular complexity index is 378. The highest BCUT2D eigenvalue weighted by molar-refractivity contribution is 14.1. The molecule has 6 heteroatoms. The topological polar surface area (TPSA) is 77.8 Å². The first-order valence-corrected chi connectivity index (χ1v) is 5.68. The third kappa shape index (κ3) is 2.48. The number of carboxylic acid groups (broad SMARTS) is 1. The summed E-state index contributed by atoms with van der Waals surface area (Å²) in [5, 5.41) is 27.3. The fraction of sp³-hybridized carbons (Fsp3) is 0.125. The minimum absolute atomic E-state index is 0.0220. The second kappa shape index (κ2) is 4.62. The highest BCUT2D eigenvalue weighted by Crippen LogP contribution is 2.31. The van der Waals surface area contributed by atoms with Gasteiger partial charge in [0, 0.05) is 9.13 Å². The summed E-state index contributed by atoms with van der Waals surface area (Å²) in [4.78, 5) is 10.5. The third-order valence-corrected chi connectivity index (χ3v) is 3.03. The van der Waals surface area contributed by atoms with Crippen LogP contribution >= 0.6 is 45.2 Å². The van der Waals surface area contributed by atoms with Crippen LogP contribution in [-0.4, -0.2) is 21.3 Å². The second-order valence-electron chi connectivity index (χ2n) is 2.57. The Kier molecular flexibility index (Phi) is 3.95. The van der Waals surface area contributed by atoms with Crippen LogP contribution in [0.3, 0.4) is 0 Å². The molecule has 0 aliphatic rings. The van der Waals surface area contributed by atoms with Gasteiger partial charge >= 0.3 is 5.97 Å². The predicted octanol–water partition coefficient (Wildman–Crippen LogP) is 1.72. The number of benzene rings is 1. The minimum Gasteiger partial charge on any atom is -0.506 e. The van der Waals surface area contributed by atoms with E-state index in [9.17, 15) is 15.0 Å². The first kappa shape index (κ1) is 12.0. The van der Waals surface area contributed by atoms with Gasteiger partial charge in [-0.15, -0.1) is 0 Å². The standard InChI is InChI=1S/C8H6I2O4/c9-3-1-4(7(12)8(13)14)6(11)5(10)2-3/h1-2,7,11-12H,(H,13,14). The number of aliphatic carboxylic acids is 1. The number of carbonyl (C=O) groups is 1. The van der Waals surface area contributed by atoms with Crippen molar-refractivity contribution in [1.29, 1.82) is 0 Å². The molecule has 0 spiro atoms. The molecular formula is C8H6I2O4. The summed E-state index contributed by atoms with van der Waals surface area (Å²) >= 11 is 3.86. The van der Waals surface area contributed by atoms with Gasteiger partial charge in [0.05, 0.1) is 3.57 Å². The molecule has 1 aromatic rings. The normalized spacial score (nSPS) is 12.5. The monoisotopic (exact) mass is 420 g/mol. The molecule has 76 valence electrons. The fourth-order valence-corrected chi connectivity index (χ4v) is 2.82. The van der Waals surface area contributed by atoms with Gasteiger partial charge in [-0.1, -0.05) is 0 Å². The van der Waals surface area contributed by atoms with Crippen molar-refractivity contribution in [2.45, 2.75) is 6.10 Å². The first-order valence-electron chi connectivity index (χ1n) is 3.52. The molecule has 0 bridgehead atoms. The van der Waals surface area contributed by atoms with E-state index in [1.165, 1.54) is 6.07 Å². The van der Waals surface area contributed by atoms with Crippen LogP contribution in [0.2, 0.25) is 0 Å². The number of halogens is 2. The molecule has 0 radical (unpaired) electrons. The molecule has 1 unspecified atom stereocenters. The lowest BCUT2D eigenvalue weighted by atomic mass is 10.1. The molecule has 0 aliphatic carbocycles. The molecule has 0 amide bonds. The highest BCUT2D eigenvalue weighted by atomic mass is 127. The van der Waals surface area contributed by atoms with Crippen LogP contribution in [0, 0.1) is 7.14 Å². The van der Waals surface area contributed by atoms with Gasteiger partial charge in [-0.05, 0) is 57.3 Å². The summed E-state index contributed by atoms with van der Waals surface area (Å²) in [6.45, 7) is 0. The second-order valence-corrected chi connectivity index (χ2v) is 4.97. The van der Waals surface area contributed by atoms with E-state index in [1.54, 1.807) is 6.07 Å². The maximum absolute atomic E-state index is 10.5. The number of hydrogen-bond acceptors (Lipinski definition) is 3. The average molecular weight is 420 g/mol. The Hall–Kier alpha value is -0.0900. The quantitative estimate of drug-likeness (QED) is 0.638. The Morgan fingerprint density at radius 2 is 1.93 bits per heavy atom. The Morgan fingerprint density at radius 1 is 1.36 bits per heavy atom. The Morgan fingerprint density at radius 3 is 2.43 bits per heavy atom. The van der Waals surface area contributed by atoms with E-state index in [4.69, 9.17) is 5.11 Å². The number of phenols is 1. The molecule has 0 aliphatic heterocycles. The summed E-state index contributed by atoms with van der Waals surface area (Å²) in [6, 6.07) is 3.13. The van der Waals surface area contributed by atoms with Crippen molar-refractivity contribution in [2.75, 3.05) is 0 Å². The maximum Gasteiger partial charge on any atom is 0.337 e. The lowest BCUT2D eigenvalue weighted by Crippen LogP contribution is -2.11. The smallest absolute Gasteiger partial charge is 0.337 e. The molecule has 0 heterocycles. The molecule has 1 aromatic carbocycles. The molecular weight excluding hydrogens is 414 g/mol. The van der Waals surface area contributed by atoms with Crippen LogP contribution in [0.5, 0.6) is 5.75 Å². The lowest BCUT2D eigenvalue weighted by molar-refractivity contribution is -0.147. The van der Waals surface area contributed by atoms with E-state index in [1.807, 2.05) is 45.2 Å². The van der Waals surface area contributed by atoms with Crippen LogP contribution in [0.1, 0.15) is 11.7 Å². The van der Waals surface area contributed by atoms with Crippen molar-refractivity contribution >= 4 is 51.2 Å². The number of aliphatic hydroxyl groups is 1. The van der Waals surface area contributed by atoms with Crippen LogP contribution in [-0.2, 0) is 4.79 Å². The van der Waals surface area contributed by atoms with Gasteiger partial charge in [0.2, 0.25) is 0 Å². The van der Waals surface area contributed by atoms with Crippen molar-refractivity contribution in [3.05, 3.63) is 24.8 Å².